The molecular weight excluding hydrogens is 188 g/mol. The van der Waals surface area contributed by atoms with Gasteiger partial charge in [-0.15, -0.1) is 0 Å². The van der Waals surface area contributed by atoms with Crippen LogP contribution in [0.3, 0.4) is 0 Å². The zero-order valence-electron chi connectivity index (χ0n) is 9.19. The molecule has 2 heteroatoms. The van der Waals surface area contributed by atoms with Gasteiger partial charge in [0, 0.05) is 5.92 Å². The zero-order valence-corrected chi connectivity index (χ0v) is 9.19. The van der Waals surface area contributed by atoms with E-state index in [1.54, 1.807) is 0 Å². The molecule has 2 nitrogen and oxygen atoms in total. The minimum atomic E-state index is -0.280. The van der Waals surface area contributed by atoms with Gasteiger partial charge in [0.15, 0.2) is 0 Å². The molecule has 2 atom stereocenters. The molecule has 1 aliphatic rings. The molecule has 1 aromatic carbocycles. The van der Waals surface area contributed by atoms with Crippen LogP contribution in [0, 0.1) is 5.41 Å². The van der Waals surface area contributed by atoms with E-state index in [1.807, 2.05) is 32.0 Å². The standard InChI is InChI=1S/C13H16O2/c1-3-15-12(14)13(2)9-11(13)10-7-5-4-6-8-10/h4-8,11H,3,9H2,1-2H3/t11-,13-/m1/s1. The maximum absolute atomic E-state index is 11.7. The van der Waals surface area contributed by atoms with Crippen molar-refractivity contribution in [2.45, 2.75) is 26.2 Å². The average molecular weight is 204 g/mol. The molecule has 0 bridgehead atoms. The number of ether oxygens (including phenoxy) is 1. The largest absolute Gasteiger partial charge is 0.466 e. The van der Waals surface area contributed by atoms with E-state index < -0.39 is 0 Å². The fourth-order valence-corrected chi connectivity index (χ4v) is 2.06. The van der Waals surface area contributed by atoms with E-state index in [1.165, 1.54) is 5.56 Å². The lowest BCUT2D eigenvalue weighted by atomic mass is 10.0. The van der Waals surface area contributed by atoms with Crippen LogP contribution in [0.1, 0.15) is 31.7 Å². The number of carbonyl (C=O) groups excluding carboxylic acids is 1. The molecule has 15 heavy (non-hydrogen) atoms. The van der Waals surface area contributed by atoms with Gasteiger partial charge in [-0.3, -0.25) is 4.79 Å². The Kier molecular flexibility index (Phi) is 2.51. The Hall–Kier alpha value is -1.31. The van der Waals surface area contributed by atoms with Crippen LogP contribution < -0.4 is 0 Å². The first-order valence-corrected chi connectivity index (χ1v) is 5.40. The molecular formula is C13H16O2. The normalized spacial score (nSPS) is 28.5. The predicted octanol–water partition coefficient (Wildman–Crippen LogP) is 2.74. The van der Waals surface area contributed by atoms with Crippen LogP contribution in [-0.4, -0.2) is 12.6 Å². The van der Waals surface area contributed by atoms with E-state index in [4.69, 9.17) is 4.74 Å². The molecule has 1 aliphatic carbocycles. The summed E-state index contributed by atoms with van der Waals surface area (Å²) in [6, 6.07) is 10.2. The molecule has 80 valence electrons. The van der Waals surface area contributed by atoms with Gasteiger partial charge in [0.2, 0.25) is 0 Å². The summed E-state index contributed by atoms with van der Waals surface area (Å²) in [5, 5.41) is 0. The second-order valence-corrected chi connectivity index (χ2v) is 4.31. The van der Waals surface area contributed by atoms with Crippen molar-refractivity contribution in [2.75, 3.05) is 6.61 Å². The van der Waals surface area contributed by atoms with Gasteiger partial charge in [0.05, 0.1) is 12.0 Å². The Bertz CT molecular complexity index is 358. The molecule has 0 spiro atoms. The molecule has 0 aromatic heterocycles. The second-order valence-electron chi connectivity index (χ2n) is 4.31. The van der Waals surface area contributed by atoms with E-state index in [0.29, 0.717) is 12.5 Å². The van der Waals surface area contributed by atoms with Crippen LogP contribution in [0.25, 0.3) is 0 Å². The van der Waals surface area contributed by atoms with Crippen molar-refractivity contribution in [3.8, 4) is 0 Å². The summed E-state index contributed by atoms with van der Waals surface area (Å²) in [4.78, 5) is 11.7. The predicted molar refractivity (Wildman–Crippen MR) is 58.5 cm³/mol. The van der Waals surface area contributed by atoms with E-state index in [0.717, 1.165) is 6.42 Å². The molecule has 1 aromatic rings. The van der Waals surface area contributed by atoms with E-state index in [9.17, 15) is 4.79 Å². The number of hydrogen-bond acceptors (Lipinski definition) is 2. The Labute approximate surface area is 90.3 Å². The number of rotatable bonds is 3. The molecule has 1 fully saturated rings. The van der Waals surface area contributed by atoms with Crippen molar-refractivity contribution in [1.82, 2.24) is 0 Å². The topological polar surface area (TPSA) is 26.3 Å². The average Bonchev–Trinajstić information content (AvgIpc) is 2.94. The fourth-order valence-electron chi connectivity index (χ4n) is 2.06. The maximum Gasteiger partial charge on any atom is 0.312 e. The number of esters is 1. The third-order valence-electron chi connectivity index (χ3n) is 3.18. The fraction of sp³-hybridized carbons (Fsp3) is 0.462. The first-order valence-electron chi connectivity index (χ1n) is 5.40. The molecule has 0 unspecified atom stereocenters. The SMILES string of the molecule is CCOC(=O)[C@]1(C)C[C@@H]1c1ccccc1. The molecule has 0 aliphatic heterocycles. The van der Waals surface area contributed by atoms with Crippen molar-refractivity contribution in [3.05, 3.63) is 35.9 Å². The van der Waals surface area contributed by atoms with Crippen LogP contribution in [0.4, 0.5) is 0 Å². The van der Waals surface area contributed by atoms with E-state index in [2.05, 4.69) is 12.1 Å². The van der Waals surface area contributed by atoms with Gasteiger partial charge in [-0.05, 0) is 25.8 Å². The number of carbonyl (C=O) groups is 1. The second kappa shape index (κ2) is 3.69. The lowest BCUT2D eigenvalue weighted by Gasteiger charge is -2.09. The van der Waals surface area contributed by atoms with Gasteiger partial charge in [-0.1, -0.05) is 30.3 Å². The smallest absolute Gasteiger partial charge is 0.312 e. The number of benzene rings is 1. The molecule has 0 heterocycles. The lowest BCUT2D eigenvalue weighted by molar-refractivity contribution is -0.149. The summed E-state index contributed by atoms with van der Waals surface area (Å²) in [7, 11) is 0. The molecule has 0 amide bonds. The van der Waals surface area contributed by atoms with Crippen LogP contribution in [0.2, 0.25) is 0 Å². The Morgan fingerprint density at radius 2 is 2.13 bits per heavy atom. The highest BCUT2D eigenvalue weighted by molar-refractivity contribution is 5.81. The van der Waals surface area contributed by atoms with Gasteiger partial charge in [0.25, 0.3) is 0 Å². The lowest BCUT2D eigenvalue weighted by Crippen LogP contribution is -2.17. The third kappa shape index (κ3) is 1.76. The third-order valence-corrected chi connectivity index (χ3v) is 3.18. The first-order chi connectivity index (χ1) is 7.18. The maximum atomic E-state index is 11.7. The highest BCUT2D eigenvalue weighted by atomic mass is 16.5. The van der Waals surface area contributed by atoms with Gasteiger partial charge >= 0.3 is 5.97 Å². The Balaban J connectivity index is 2.09. The summed E-state index contributed by atoms with van der Waals surface area (Å²) in [6.45, 7) is 4.31. The van der Waals surface area contributed by atoms with Gasteiger partial charge < -0.3 is 4.74 Å². The van der Waals surface area contributed by atoms with Crippen molar-refractivity contribution in [1.29, 1.82) is 0 Å². The molecule has 0 saturated heterocycles. The minimum Gasteiger partial charge on any atom is -0.466 e. The van der Waals surface area contributed by atoms with Crippen molar-refractivity contribution >= 4 is 5.97 Å². The Morgan fingerprint density at radius 1 is 1.47 bits per heavy atom. The minimum absolute atomic E-state index is 0.0566. The highest BCUT2D eigenvalue weighted by Gasteiger charge is 2.57. The van der Waals surface area contributed by atoms with Crippen LogP contribution in [-0.2, 0) is 9.53 Å². The number of hydrogen-bond donors (Lipinski definition) is 0. The van der Waals surface area contributed by atoms with Crippen LogP contribution >= 0.6 is 0 Å². The summed E-state index contributed by atoms with van der Waals surface area (Å²) >= 11 is 0. The summed E-state index contributed by atoms with van der Waals surface area (Å²) in [5.41, 5.74) is 0.963. The monoisotopic (exact) mass is 204 g/mol. The van der Waals surface area contributed by atoms with E-state index >= 15 is 0 Å². The van der Waals surface area contributed by atoms with Crippen molar-refractivity contribution in [2.24, 2.45) is 5.41 Å². The first kappa shape index (κ1) is 10.2. The van der Waals surface area contributed by atoms with Gasteiger partial charge in [-0.2, -0.15) is 0 Å². The molecule has 0 radical (unpaired) electrons. The van der Waals surface area contributed by atoms with Crippen LogP contribution in [0.5, 0.6) is 0 Å². The van der Waals surface area contributed by atoms with Crippen molar-refractivity contribution in [3.63, 3.8) is 0 Å². The molecule has 1 saturated carbocycles. The van der Waals surface area contributed by atoms with E-state index in [-0.39, 0.29) is 11.4 Å². The summed E-state index contributed by atoms with van der Waals surface area (Å²) in [6.07, 6.45) is 0.913. The summed E-state index contributed by atoms with van der Waals surface area (Å²) < 4.78 is 5.08. The van der Waals surface area contributed by atoms with Crippen molar-refractivity contribution < 1.29 is 9.53 Å². The quantitative estimate of drug-likeness (QED) is 0.708. The van der Waals surface area contributed by atoms with Crippen LogP contribution in [0.15, 0.2) is 30.3 Å². The van der Waals surface area contributed by atoms with Gasteiger partial charge in [-0.25, -0.2) is 0 Å². The summed E-state index contributed by atoms with van der Waals surface area (Å²) in [5.74, 6) is 0.289. The molecule has 2 rings (SSSR count). The zero-order chi connectivity index (χ0) is 10.9. The highest BCUT2D eigenvalue weighted by Crippen LogP contribution is 2.59. The molecule has 0 N–H and O–H groups in total. The Morgan fingerprint density at radius 3 is 2.73 bits per heavy atom. The van der Waals surface area contributed by atoms with Gasteiger partial charge in [0.1, 0.15) is 0 Å².